The summed E-state index contributed by atoms with van der Waals surface area (Å²) in [6, 6.07) is 25.9. The molecule has 2 heteroatoms. The Labute approximate surface area is 130 Å². The van der Waals surface area contributed by atoms with Gasteiger partial charge in [0, 0.05) is 0 Å². The molecule has 22 heavy (non-hydrogen) atoms. The Morgan fingerprint density at radius 1 is 0.727 bits per heavy atom. The topological polar surface area (TPSA) is 26.3 Å². The van der Waals surface area contributed by atoms with E-state index < -0.39 is 0 Å². The maximum absolute atomic E-state index is 11.8. The molecule has 0 heterocycles. The molecule has 0 radical (unpaired) electrons. The predicted octanol–water partition coefficient (Wildman–Crippen LogP) is 4.81. The third-order valence-electron chi connectivity index (χ3n) is 3.61. The number of carbonyl (C=O) groups excluding carboxylic acids is 1. The molecule has 108 valence electrons. The molecule has 0 N–H and O–H groups in total. The molecule has 0 aromatic heterocycles. The summed E-state index contributed by atoms with van der Waals surface area (Å²) in [5.74, 6) is -0.322. The van der Waals surface area contributed by atoms with Crippen molar-refractivity contribution in [2.75, 3.05) is 7.11 Å². The Bertz CT molecular complexity index is 777. The number of carbonyl (C=O) groups is 1. The fourth-order valence-electron chi connectivity index (χ4n) is 2.52. The van der Waals surface area contributed by atoms with Crippen molar-refractivity contribution in [3.8, 4) is 22.3 Å². The van der Waals surface area contributed by atoms with Crippen molar-refractivity contribution in [2.45, 2.75) is 0 Å². The first-order chi connectivity index (χ1) is 10.8. The number of esters is 1. The molecular weight excluding hydrogens is 272 g/mol. The van der Waals surface area contributed by atoms with Crippen molar-refractivity contribution in [1.82, 2.24) is 0 Å². The van der Waals surface area contributed by atoms with Gasteiger partial charge in [0.1, 0.15) is 0 Å². The number of methoxy groups -OCH3 is 1. The normalized spacial score (nSPS) is 10.2. The second-order valence-corrected chi connectivity index (χ2v) is 4.98. The van der Waals surface area contributed by atoms with Crippen LogP contribution in [0.5, 0.6) is 0 Å². The first-order valence-electron chi connectivity index (χ1n) is 7.13. The number of rotatable bonds is 3. The van der Waals surface area contributed by atoms with Crippen molar-refractivity contribution in [3.63, 3.8) is 0 Å². The number of hydrogen-bond donors (Lipinski definition) is 0. The molecule has 3 aromatic rings. The van der Waals surface area contributed by atoms with E-state index in [0.717, 1.165) is 22.3 Å². The van der Waals surface area contributed by atoms with Crippen LogP contribution in [-0.4, -0.2) is 13.1 Å². The van der Waals surface area contributed by atoms with E-state index in [0.29, 0.717) is 5.56 Å². The Morgan fingerprint density at radius 2 is 1.27 bits per heavy atom. The van der Waals surface area contributed by atoms with Crippen molar-refractivity contribution < 1.29 is 9.53 Å². The van der Waals surface area contributed by atoms with Gasteiger partial charge in [-0.05, 0) is 34.4 Å². The number of ether oxygens (including phenoxy) is 1. The Kier molecular flexibility index (Phi) is 4.01. The van der Waals surface area contributed by atoms with Gasteiger partial charge in [0.25, 0.3) is 0 Å². The monoisotopic (exact) mass is 288 g/mol. The summed E-state index contributed by atoms with van der Waals surface area (Å²) in [4.78, 5) is 11.8. The van der Waals surface area contributed by atoms with Crippen LogP contribution < -0.4 is 0 Å². The standard InChI is InChI=1S/C20H16O2/c1-22-20(21)17-12-13-18(15-8-4-2-5-9-15)19(14-17)16-10-6-3-7-11-16/h2-14H,1H3. The van der Waals surface area contributed by atoms with Gasteiger partial charge in [0.2, 0.25) is 0 Å². The SMILES string of the molecule is COC(=O)c1ccc(-c2ccccc2)c(-c2ccccc2)c1. The van der Waals surface area contributed by atoms with E-state index in [1.54, 1.807) is 6.07 Å². The zero-order chi connectivity index (χ0) is 15.4. The van der Waals surface area contributed by atoms with Crippen LogP contribution in [0.2, 0.25) is 0 Å². The van der Waals surface area contributed by atoms with Gasteiger partial charge in [-0.1, -0.05) is 66.7 Å². The minimum absolute atomic E-state index is 0.322. The van der Waals surface area contributed by atoms with E-state index in [1.807, 2.05) is 60.7 Å². The van der Waals surface area contributed by atoms with Gasteiger partial charge in [0.15, 0.2) is 0 Å². The smallest absolute Gasteiger partial charge is 0.337 e. The molecule has 0 saturated heterocycles. The minimum Gasteiger partial charge on any atom is -0.465 e. The maximum atomic E-state index is 11.8. The van der Waals surface area contributed by atoms with Crippen molar-refractivity contribution in [1.29, 1.82) is 0 Å². The molecule has 0 saturated carbocycles. The van der Waals surface area contributed by atoms with Gasteiger partial charge in [-0.25, -0.2) is 4.79 Å². The van der Waals surface area contributed by atoms with Crippen LogP contribution in [0.15, 0.2) is 78.9 Å². The zero-order valence-corrected chi connectivity index (χ0v) is 12.3. The molecule has 0 aliphatic rings. The van der Waals surface area contributed by atoms with Crippen LogP contribution in [0.25, 0.3) is 22.3 Å². The fraction of sp³-hybridized carbons (Fsp3) is 0.0500. The van der Waals surface area contributed by atoms with Crippen molar-refractivity contribution in [3.05, 3.63) is 84.4 Å². The van der Waals surface area contributed by atoms with Crippen LogP contribution in [0.3, 0.4) is 0 Å². The zero-order valence-electron chi connectivity index (χ0n) is 12.3. The van der Waals surface area contributed by atoms with E-state index in [1.165, 1.54) is 7.11 Å². The van der Waals surface area contributed by atoms with Gasteiger partial charge in [0.05, 0.1) is 12.7 Å². The number of benzene rings is 3. The molecule has 0 spiro atoms. The summed E-state index contributed by atoms with van der Waals surface area (Å²) in [7, 11) is 1.40. The predicted molar refractivity (Wildman–Crippen MR) is 88.7 cm³/mol. The third kappa shape index (κ3) is 2.77. The third-order valence-corrected chi connectivity index (χ3v) is 3.61. The first-order valence-corrected chi connectivity index (χ1v) is 7.13. The molecule has 0 atom stereocenters. The summed E-state index contributed by atoms with van der Waals surface area (Å²) in [5.41, 5.74) is 4.88. The lowest BCUT2D eigenvalue weighted by molar-refractivity contribution is 0.0601. The van der Waals surface area contributed by atoms with Crippen LogP contribution in [0.4, 0.5) is 0 Å². The maximum Gasteiger partial charge on any atom is 0.337 e. The Hall–Kier alpha value is -2.87. The molecule has 2 nitrogen and oxygen atoms in total. The van der Waals surface area contributed by atoms with E-state index in [2.05, 4.69) is 12.1 Å². The average molecular weight is 288 g/mol. The lowest BCUT2D eigenvalue weighted by atomic mass is 9.93. The quantitative estimate of drug-likeness (QED) is 0.647. The summed E-state index contributed by atoms with van der Waals surface area (Å²) in [6.07, 6.45) is 0. The minimum atomic E-state index is -0.322. The van der Waals surface area contributed by atoms with Gasteiger partial charge < -0.3 is 4.74 Å². The van der Waals surface area contributed by atoms with Crippen LogP contribution in [-0.2, 0) is 4.74 Å². The van der Waals surface area contributed by atoms with E-state index in [9.17, 15) is 4.79 Å². The second kappa shape index (κ2) is 6.27. The highest BCUT2D eigenvalue weighted by Gasteiger charge is 2.12. The van der Waals surface area contributed by atoms with E-state index >= 15 is 0 Å². The Morgan fingerprint density at radius 3 is 1.82 bits per heavy atom. The second-order valence-electron chi connectivity index (χ2n) is 4.98. The molecule has 3 rings (SSSR count). The highest BCUT2D eigenvalue weighted by molar-refractivity contribution is 5.94. The average Bonchev–Trinajstić information content (AvgIpc) is 2.62. The molecule has 0 aliphatic heterocycles. The lowest BCUT2D eigenvalue weighted by Gasteiger charge is -2.12. The summed E-state index contributed by atoms with van der Waals surface area (Å²) in [6.45, 7) is 0. The van der Waals surface area contributed by atoms with Crippen molar-refractivity contribution >= 4 is 5.97 Å². The molecule has 0 aliphatic carbocycles. The summed E-state index contributed by atoms with van der Waals surface area (Å²) >= 11 is 0. The summed E-state index contributed by atoms with van der Waals surface area (Å²) < 4.78 is 4.83. The van der Waals surface area contributed by atoms with Crippen molar-refractivity contribution in [2.24, 2.45) is 0 Å². The first kappa shape index (κ1) is 14.1. The largest absolute Gasteiger partial charge is 0.465 e. The van der Waals surface area contributed by atoms with Crippen LogP contribution >= 0.6 is 0 Å². The highest BCUT2D eigenvalue weighted by atomic mass is 16.5. The Balaban J connectivity index is 2.20. The molecule has 0 bridgehead atoms. The lowest BCUT2D eigenvalue weighted by Crippen LogP contribution is -2.01. The molecule has 3 aromatic carbocycles. The highest BCUT2D eigenvalue weighted by Crippen LogP contribution is 2.33. The van der Waals surface area contributed by atoms with E-state index in [4.69, 9.17) is 4.74 Å². The summed E-state index contributed by atoms with van der Waals surface area (Å²) in [5, 5.41) is 0. The van der Waals surface area contributed by atoms with Crippen LogP contribution in [0, 0.1) is 0 Å². The molecular formula is C20H16O2. The number of hydrogen-bond acceptors (Lipinski definition) is 2. The molecule has 0 fully saturated rings. The van der Waals surface area contributed by atoms with E-state index in [-0.39, 0.29) is 5.97 Å². The van der Waals surface area contributed by atoms with Gasteiger partial charge in [-0.3, -0.25) is 0 Å². The fourth-order valence-corrected chi connectivity index (χ4v) is 2.52. The molecule has 0 unspecified atom stereocenters. The van der Waals surface area contributed by atoms with Gasteiger partial charge >= 0.3 is 5.97 Å². The van der Waals surface area contributed by atoms with Gasteiger partial charge in [-0.2, -0.15) is 0 Å². The van der Waals surface area contributed by atoms with Crippen LogP contribution in [0.1, 0.15) is 10.4 Å². The molecule has 0 amide bonds. The van der Waals surface area contributed by atoms with Gasteiger partial charge in [-0.15, -0.1) is 0 Å².